The van der Waals surface area contributed by atoms with Gasteiger partial charge in [0.05, 0.1) is 7.11 Å². The van der Waals surface area contributed by atoms with E-state index in [1.807, 2.05) is 0 Å². The Bertz CT molecular complexity index is 459. The largest absolute Gasteiger partial charge is 0.493 e. The van der Waals surface area contributed by atoms with Crippen molar-refractivity contribution in [1.82, 2.24) is 0 Å². The summed E-state index contributed by atoms with van der Waals surface area (Å²) in [6.45, 7) is 1.41. The van der Waals surface area contributed by atoms with E-state index in [0.717, 1.165) is 0 Å². The number of benzene rings is 1. The molecule has 0 saturated carbocycles. The van der Waals surface area contributed by atoms with Crippen molar-refractivity contribution in [2.45, 2.75) is 13.0 Å². The summed E-state index contributed by atoms with van der Waals surface area (Å²) < 4.78 is 10.4. The molecule has 0 heterocycles. The number of hydrogen-bond acceptors (Lipinski definition) is 5. The van der Waals surface area contributed by atoms with Gasteiger partial charge in [0.25, 0.3) is 0 Å². The molecule has 0 radical (unpaired) electrons. The highest BCUT2D eigenvalue weighted by Crippen LogP contribution is 2.28. The van der Waals surface area contributed by atoms with Crippen molar-refractivity contribution in [3.8, 4) is 11.5 Å². The maximum Gasteiger partial charge on any atom is 0.237 e. The SMILES string of the molecule is COc1cc(C(C)=O)ccc1OCC(N)C(N)=O. The second-order valence-electron chi connectivity index (χ2n) is 3.74. The fourth-order valence-electron chi connectivity index (χ4n) is 1.27. The number of primary amides is 1. The van der Waals surface area contributed by atoms with E-state index in [4.69, 9.17) is 20.9 Å². The molecule has 1 rings (SSSR count). The smallest absolute Gasteiger partial charge is 0.237 e. The lowest BCUT2D eigenvalue weighted by molar-refractivity contribution is -0.119. The van der Waals surface area contributed by atoms with Crippen molar-refractivity contribution in [3.05, 3.63) is 23.8 Å². The Hall–Kier alpha value is -2.08. The highest BCUT2D eigenvalue weighted by Gasteiger charge is 2.13. The zero-order chi connectivity index (χ0) is 13.7. The van der Waals surface area contributed by atoms with Gasteiger partial charge in [0.15, 0.2) is 17.3 Å². The van der Waals surface area contributed by atoms with Crippen LogP contribution in [0.1, 0.15) is 17.3 Å². The van der Waals surface area contributed by atoms with Crippen molar-refractivity contribution >= 4 is 11.7 Å². The average Bonchev–Trinajstić information content (AvgIpc) is 2.35. The number of methoxy groups -OCH3 is 1. The molecule has 0 aliphatic carbocycles. The molecule has 0 aliphatic rings. The van der Waals surface area contributed by atoms with Crippen LogP contribution in [0.3, 0.4) is 0 Å². The van der Waals surface area contributed by atoms with Crippen LogP contribution in [0.5, 0.6) is 11.5 Å². The van der Waals surface area contributed by atoms with Crippen molar-refractivity contribution < 1.29 is 19.1 Å². The third-order valence-corrected chi connectivity index (χ3v) is 2.35. The highest BCUT2D eigenvalue weighted by molar-refractivity contribution is 5.94. The van der Waals surface area contributed by atoms with E-state index >= 15 is 0 Å². The summed E-state index contributed by atoms with van der Waals surface area (Å²) >= 11 is 0. The number of Topliss-reactive ketones (excluding diaryl/α,β-unsaturated/α-hetero) is 1. The van der Waals surface area contributed by atoms with Crippen LogP contribution in [0.4, 0.5) is 0 Å². The molecule has 1 unspecified atom stereocenters. The van der Waals surface area contributed by atoms with Crippen molar-refractivity contribution in [1.29, 1.82) is 0 Å². The summed E-state index contributed by atoms with van der Waals surface area (Å²) in [5.74, 6) is 0.0848. The van der Waals surface area contributed by atoms with Crippen LogP contribution < -0.4 is 20.9 Å². The van der Waals surface area contributed by atoms with E-state index in [0.29, 0.717) is 17.1 Å². The first kappa shape index (κ1) is 14.0. The van der Waals surface area contributed by atoms with Crippen LogP contribution >= 0.6 is 0 Å². The Morgan fingerprint density at radius 3 is 2.50 bits per heavy atom. The van der Waals surface area contributed by atoms with Gasteiger partial charge in [-0.15, -0.1) is 0 Å². The van der Waals surface area contributed by atoms with Gasteiger partial charge in [0.2, 0.25) is 5.91 Å². The quantitative estimate of drug-likeness (QED) is 0.698. The molecule has 1 aromatic carbocycles. The van der Waals surface area contributed by atoms with Gasteiger partial charge in [0.1, 0.15) is 12.6 Å². The van der Waals surface area contributed by atoms with Crippen molar-refractivity contribution in [3.63, 3.8) is 0 Å². The van der Waals surface area contributed by atoms with E-state index in [1.165, 1.54) is 14.0 Å². The van der Waals surface area contributed by atoms with Gasteiger partial charge in [-0.25, -0.2) is 0 Å². The number of carbonyl (C=O) groups excluding carboxylic acids is 2. The van der Waals surface area contributed by atoms with Gasteiger partial charge in [-0.05, 0) is 25.1 Å². The van der Waals surface area contributed by atoms with Crippen LogP contribution in [0.25, 0.3) is 0 Å². The minimum Gasteiger partial charge on any atom is -0.493 e. The zero-order valence-electron chi connectivity index (χ0n) is 10.3. The normalized spacial score (nSPS) is 11.7. The summed E-state index contributed by atoms with van der Waals surface area (Å²) in [5, 5.41) is 0. The standard InChI is InChI=1S/C12H16N2O4/c1-7(15)8-3-4-10(11(5-8)17-2)18-6-9(13)12(14)16/h3-5,9H,6,13H2,1-2H3,(H2,14,16). The molecular formula is C12H16N2O4. The predicted molar refractivity (Wildman–Crippen MR) is 65.7 cm³/mol. The van der Waals surface area contributed by atoms with Crippen LogP contribution in [-0.2, 0) is 4.79 Å². The molecule has 1 atom stereocenters. The minimum absolute atomic E-state index is 0.0505. The Morgan fingerprint density at radius 2 is 2.00 bits per heavy atom. The Labute approximate surface area is 105 Å². The van der Waals surface area contributed by atoms with Crippen LogP contribution in [-0.4, -0.2) is 31.4 Å². The van der Waals surface area contributed by atoms with Gasteiger partial charge < -0.3 is 20.9 Å². The second kappa shape index (κ2) is 6.02. The van der Waals surface area contributed by atoms with E-state index in [1.54, 1.807) is 18.2 Å². The molecule has 0 aromatic heterocycles. The molecule has 1 amide bonds. The number of hydrogen-bond donors (Lipinski definition) is 2. The van der Waals surface area contributed by atoms with E-state index < -0.39 is 11.9 Å². The van der Waals surface area contributed by atoms with Gasteiger partial charge in [-0.1, -0.05) is 0 Å². The number of rotatable bonds is 6. The molecule has 0 aliphatic heterocycles. The number of ketones is 1. The molecule has 6 heteroatoms. The lowest BCUT2D eigenvalue weighted by Crippen LogP contribution is -2.41. The third kappa shape index (κ3) is 3.46. The summed E-state index contributed by atoms with van der Waals surface area (Å²) in [6, 6.07) is 3.87. The third-order valence-electron chi connectivity index (χ3n) is 2.35. The number of carbonyl (C=O) groups is 2. The molecule has 98 valence electrons. The lowest BCUT2D eigenvalue weighted by atomic mass is 10.1. The first-order valence-corrected chi connectivity index (χ1v) is 5.32. The predicted octanol–water partition coefficient (Wildman–Crippen LogP) is 0.0892. The number of nitrogens with two attached hydrogens (primary N) is 2. The Morgan fingerprint density at radius 1 is 1.33 bits per heavy atom. The summed E-state index contributed by atoms with van der Waals surface area (Å²) in [5.41, 5.74) is 11.0. The summed E-state index contributed by atoms with van der Waals surface area (Å²) in [7, 11) is 1.46. The molecule has 18 heavy (non-hydrogen) atoms. The minimum atomic E-state index is -0.887. The molecule has 4 N–H and O–H groups in total. The number of ether oxygens (including phenoxy) is 2. The molecule has 6 nitrogen and oxygen atoms in total. The summed E-state index contributed by atoms with van der Waals surface area (Å²) in [6.07, 6.45) is 0. The van der Waals surface area contributed by atoms with Crippen LogP contribution in [0, 0.1) is 0 Å². The molecule has 0 saturated heterocycles. The van der Waals surface area contributed by atoms with Gasteiger partial charge in [-0.3, -0.25) is 9.59 Å². The Balaban J connectivity index is 2.83. The first-order valence-electron chi connectivity index (χ1n) is 5.32. The monoisotopic (exact) mass is 252 g/mol. The highest BCUT2D eigenvalue weighted by atomic mass is 16.5. The average molecular weight is 252 g/mol. The molecule has 0 spiro atoms. The molecular weight excluding hydrogens is 236 g/mol. The maximum absolute atomic E-state index is 11.2. The molecule has 1 aromatic rings. The topological polar surface area (TPSA) is 105 Å². The fourth-order valence-corrected chi connectivity index (χ4v) is 1.27. The zero-order valence-corrected chi connectivity index (χ0v) is 10.3. The maximum atomic E-state index is 11.2. The second-order valence-corrected chi connectivity index (χ2v) is 3.74. The van der Waals surface area contributed by atoms with Crippen molar-refractivity contribution in [2.24, 2.45) is 11.5 Å². The first-order chi connectivity index (χ1) is 8.45. The number of amides is 1. The molecule has 0 fully saturated rings. The van der Waals surface area contributed by atoms with Crippen molar-refractivity contribution in [2.75, 3.05) is 13.7 Å². The summed E-state index contributed by atoms with van der Waals surface area (Å²) in [4.78, 5) is 22.0. The lowest BCUT2D eigenvalue weighted by Gasteiger charge is -2.13. The fraction of sp³-hybridized carbons (Fsp3) is 0.333. The van der Waals surface area contributed by atoms with Crippen LogP contribution in [0.2, 0.25) is 0 Å². The Kier molecular flexibility index (Phi) is 4.67. The van der Waals surface area contributed by atoms with Gasteiger partial charge >= 0.3 is 0 Å². The van der Waals surface area contributed by atoms with Gasteiger partial charge in [-0.2, -0.15) is 0 Å². The van der Waals surface area contributed by atoms with E-state index in [2.05, 4.69) is 0 Å². The van der Waals surface area contributed by atoms with E-state index in [9.17, 15) is 9.59 Å². The van der Waals surface area contributed by atoms with E-state index in [-0.39, 0.29) is 12.4 Å². The van der Waals surface area contributed by atoms with Gasteiger partial charge in [0, 0.05) is 5.56 Å². The van der Waals surface area contributed by atoms with Crippen LogP contribution in [0.15, 0.2) is 18.2 Å². The molecule has 0 bridgehead atoms.